The summed E-state index contributed by atoms with van der Waals surface area (Å²) in [6, 6.07) is 0.417. The van der Waals surface area contributed by atoms with E-state index in [-0.39, 0.29) is 0 Å². The molecule has 3 nitrogen and oxygen atoms in total. The van der Waals surface area contributed by atoms with Gasteiger partial charge >= 0.3 is 0 Å². The predicted molar refractivity (Wildman–Crippen MR) is 54.5 cm³/mol. The molecule has 13 heavy (non-hydrogen) atoms. The van der Waals surface area contributed by atoms with Crippen LogP contribution in [0.4, 0.5) is 0 Å². The average molecular weight is 181 g/mol. The van der Waals surface area contributed by atoms with Gasteiger partial charge in [0, 0.05) is 24.8 Å². The number of rotatable bonds is 5. The average Bonchev–Trinajstić information content (AvgIpc) is 2.52. The smallest absolute Gasteiger partial charge is 0.0537 e. The van der Waals surface area contributed by atoms with Crippen molar-refractivity contribution >= 4 is 0 Å². The lowest BCUT2D eigenvalue weighted by atomic mass is 10.2. The van der Waals surface area contributed by atoms with Crippen LogP contribution in [0, 0.1) is 0 Å². The molecule has 0 radical (unpaired) electrons. The minimum atomic E-state index is 0.417. The topological polar surface area (TPSA) is 29.9 Å². The molecule has 1 heterocycles. The minimum absolute atomic E-state index is 0.417. The molecule has 1 aromatic heterocycles. The quantitative estimate of drug-likeness (QED) is 0.703. The van der Waals surface area contributed by atoms with Crippen molar-refractivity contribution in [3.05, 3.63) is 18.0 Å². The summed E-state index contributed by atoms with van der Waals surface area (Å²) < 4.78 is 1.84. The Kier molecular flexibility index (Phi) is 3.96. The lowest BCUT2D eigenvalue weighted by Gasteiger charge is -2.10. The fourth-order valence-corrected chi connectivity index (χ4v) is 1.28. The van der Waals surface area contributed by atoms with Crippen LogP contribution in [-0.4, -0.2) is 16.3 Å². The molecule has 0 aliphatic carbocycles. The van der Waals surface area contributed by atoms with Crippen molar-refractivity contribution in [1.82, 2.24) is 15.1 Å². The van der Waals surface area contributed by atoms with Crippen LogP contribution in [0.5, 0.6) is 0 Å². The summed E-state index contributed by atoms with van der Waals surface area (Å²) in [6.45, 7) is 5.47. The number of nitrogens with one attached hydrogen (secondary N) is 1. The first-order valence-corrected chi connectivity index (χ1v) is 4.96. The van der Waals surface area contributed by atoms with Gasteiger partial charge in [-0.3, -0.25) is 4.68 Å². The molecule has 0 saturated carbocycles. The molecule has 0 saturated heterocycles. The Balaban J connectivity index is 2.35. The maximum Gasteiger partial charge on any atom is 0.0537 e. The molecular weight excluding hydrogens is 162 g/mol. The van der Waals surface area contributed by atoms with Gasteiger partial charge in [-0.15, -0.1) is 0 Å². The first-order chi connectivity index (χ1) is 6.24. The first kappa shape index (κ1) is 10.3. The largest absolute Gasteiger partial charge is 0.310 e. The highest BCUT2D eigenvalue weighted by molar-refractivity contribution is 5.08. The van der Waals surface area contributed by atoms with Crippen LogP contribution >= 0.6 is 0 Å². The third-order valence-electron chi connectivity index (χ3n) is 2.21. The van der Waals surface area contributed by atoms with Crippen LogP contribution in [0.1, 0.15) is 38.3 Å². The predicted octanol–water partition coefficient (Wildman–Crippen LogP) is 1.87. The van der Waals surface area contributed by atoms with Crippen molar-refractivity contribution in [2.24, 2.45) is 7.05 Å². The van der Waals surface area contributed by atoms with E-state index in [1.165, 1.54) is 18.4 Å². The molecule has 1 rings (SSSR count). The van der Waals surface area contributed by atoms with Crippen molar-refractivity contribution in [3.8, 4) is 0 Å². The molecule has 3 heteroatoms. The number of aromatic nitrogens is 2. The van der Waals surface area contributed by atoms with E-state index in [2.05, 4.69) is 30.5 Å². The highest BCUT2D eigenvalue weighted by Gasteiger charge is 2.05. The van der Waals surface area contributed by atoms with Gasteiger partial charge in [-0.05, 0) is 19.9 Å². The Bertz CT molecular complexity index is 242. The summed E-state index contributed by atoms with van der Waals surface area (Å²) >= 11 is 0. The Labute approximate surface area is 80.1 Å². The SMILES string of the molecule is CCCCNC(C)c1cnn(C)c1. The van der Waals surface area contributed by atoms with E-state index in [1.807, 2.05) is 17.9 Å². The first-order valence-electron chi connectivity index (χ1n) is 4.96. The second-order valence-electron chi connectivity index (χ2n) is 3.48. The van der Waals surface area contributed by atoms with Gasteiger partial charge in [0.15, 0.2) is 0 Å². The van der Waals surface area contributed by atoms with Crippen LogP contribution in [0.3, 0.4) is 0 Å². The van der Waals surface area contributed by atoms with E-state index in [9.17, 15) is 0 Å². The molecule has 1 N–H and O–H groups in total. The highest BCUT2D eigenvalue weighted by atomic mass is 15.2. The Morgan fingerprint density at radius 3 is 2.92 bits per heavy atom. The Morgan fingerprint density at radius 2 is 2.38 bits per heavy atom. The standard InChI is InChI=1S/C10H19N3/c1-4-5-6-11-9(2)10-7-12-13(3)8-10/h7-9,11H,4-6H2,1-3H3. The lowest BCUT2D eigenvalue weighted by molar-refractivity contribution is 0.554. The Morgan fingerprint density at radius 1 is 1.62 bits per heavy atom. The van der Waals surface area contributed by atoms with Crippen LogP contribution in [0.25, 0.3) is 0 Å². The second-order valence-corrected chi connectivity index (χ2v) is 3.48. The minimum Gasteiger partial charge on any atom is -0.310 e. The maximum absolute atomic E-state index is 4.14. The van der Waals surface area contributed by atoms with Gasteiger partial charge in [-0.2, -0.15) is 5.10 Å². The second kappa shape index (κ2) is 5.02. The van der Waals surface area contributed by atoms with E-state index < -0.39 is 0 Å². The van der Waals surface area contributed by atoms with Crippen LogP contribution in [0.2, 0.25) is 0 Å². The summed E-state index contributed by atoms with van der Waals surface area (Å²) in [4.78, 5) is 0. The zero-order valence-corrected chi connectivity index (χ0v) is 8.75. The van der Waals surface area contributed by atoms with Crippen molar-refractivity contribution in [2.45, 2.75) is 32.7 Å². The Hall–Kier alpha value is -0.830. The van der Waals surface area contributed by atoms with Crippen molar-refractivity contribution in [3.63, 3.8) is 0 Å². The van der Waals surface area contributed by atoms with Gasteiger partial charge in [0.25, 0.3) is 0 Å². The molecule has 0 spiro atoms. The number of nitrogens with zero attached hydrogens (tertiary/aromatic N) is 2. The van der Waals surface area contributed by atoms with Crippen molar-refractivity contribution in [1.29, 1.82) is 0 Å². The molecule has 0 aromatic carbocycles. The molecule has 74 valence electrons. The highest BCUT2D eigenvalue weighted by Crippen LogP contribution is 2.09. The van der Waals surface area contributed by atoms with E-state index in [4.69, 9.17) is 0 Å². The molecule has 1 unspecified atom stereocenters. The molecule has 1 aromatic rings. The number of aryl methyl sites for hydroxylation is 1. The normalized spacial score (nSPS) is 13.2. The van der Waals surface area contributed by atoms with Gasteiger partial charge in [0.2, 0.25) is 0 Å². The maximum atomic E-state index is 4.14. The zero-order chi connectivity index (χ0) is 9.68. The third kappa shape index (κ3) is 3.19. The van der Waals surface area contributed by atoms with Crippen LogP contribution < -0.4 is 5.32 Å². The molecule has 0 fully saturated rings. The number of hydrogen-bond acceptors (Lipinski definition) is 2. The van der Waals surface area contributed by atoms with Gasteiger partial charge in [-0.25, -0.2) is 0 Å². The lowest BCUT2D eigenvalue weighted by Crippen LogP contribution is -2.19. The van der Waals surface area contributed by atoms with Crippen molar-refractivity contribution < 1.29 is 0 Å². The summed E-state index contributed by atoms with van der Waals surface area (Å²) in [6.07, 6.45) is 6.46. The van der Waals surface area contributed by atoms with Crippen LogP contribution in [0.15, 0.2) is 12.4 Å². The molecule has 0 amide bonds. The molecule has 0 aliphatic rings. The number of hydrogen-bond donors (Lipinski definition) is 1. The van der Waals surface area contributed by atoms with E-state index in [0.29, 0.717) is 6.04 Å². The van der Waals surface area contributed by atoms with Crippen molar-refractivity contribution in [2.75, 3.05) is 6.54 Å². The molecule has 0 aliphatic heterocycles. The summed E-state index contributed by atoms with van der Waals surface area (Å²) in [7, 11) is 1.95. The monoisotopic (exact) mass is 181 g/mol. The van der Waals surface area contributed by atoms with Crippen LogP contribution in [-0.2, 0) is 7.05 Å². The van der Waals surface area contributed by atoms with E-state index in [1.54, 1.807) is 0 Å². The summed E-state index contributed by atoms with van der Waals surface area (Å²) in [5, 5.41) is 7.60. The number of unbranched alkanes of at least 4 members (excludes halogenated alkanes) is 1. The molecule has 0 bridgehead atoms. The fourth-order valence-electron chi connectivity index (χ4n) is 1.28. The zero-order valence-electron chi connectivity index (χ0n) is 8.75. The van der Waals surface area contributed by atoms with Gasteiger partial charge in [-0.1, -0.05) is 13.3 Å². The summed E-state index contributed by atoms with van der Waals surface area (Å²) in [5.41, 5.74) is 1.26. The summed E-state index contributed by atoms with van der Waals surface area (Å²) in [5.74, 6) is 0. The fraction of sp³-hybridized carbons (Fsp3) is 0.700. The van der Waals surface area contributed by atoms with E-state index >= 15 is 0 Å². The third-order valence-corrected chi connectivity index (χ3v) is 2.21. The molecular formula is C10H19N3. The van der Waals surface area contributed by atoms with Gasteiger partial charge < -0.3 is 5.32 Å². The van der Waals surface area contributed by atoms with Gasteiger partial charge in [0.05, 0.1) is 6.20 Å². The van der Waals surface area contributed by atoms with Gasteiger partial charge in [0.1, 0.15) is 0 Å². The molecule has 1 atom stereocenters. The van der Waals surface area contributed by atoms with E-state index in [0.717, 1.165) is 6.54 Å².